The molecule has 3 nitrogen and oxygen atoms in total. The zero-order valence-electron chi connectivity index (χ0n) is 10.6. The molecular weight excluding hydrogens is 247 g/mol. The Morgan fingerprint density at radius 1 is 1.37 bits per heavy atom. The van der Waals surface area contributed by atoms with Crippen LogP contribution in [0.2, 0.25) is 0 Å². The molecule has 2 rings (SSSR count). The van der Waals surface area contributed by atoms with Crippen LogP contribution in [0.15, 0.2) is 47.7 Å². The lowest BCUT2D eigenvalue weighted by Gasteiger charge is -2.25. The van der Waals surface area contributed by atoms with Gasteiger partial charge < -0.3 is 9.84 Å². The largest absolute Gasteiger partial charge is 0.507 e. The quantitative estimate of drug-likeness (QED) is 0.832. The van der Waals surface area contributed by atoms with Gasteiger partial charge >= 0.3 is 5.97 Å². The first-order valence-electron chi connectivity index (χ1n) is 5.97. The highest BCUT2D eigenvalue weighted by molar-refractivity contribution is 5.90. The predicted octanol–water partition coefficient (Wildman–Crippen LogP) is 3.24. The van der Waals surface area contributed by atoms with Gasteiger partial charge in [0.1, 0.15) is 11.6 Å². The van der Waals surface area contributed by atoms with E-state index in [0.717, 1.165) is 5.56 Å². The van der Waals surface area contributed by atoms with Gasteiger partial charge in [0.15, 0.2) is 0 Å². The maximum atomic E-state index is 12.9. The van der Waals surface area contributed by atoms with Crippen molar-refractivity contribution < 1.29 is 19.0 Å². The molecule has 0 aliphatic heterocycles. The van der Waals surface area contributed by atoms with E-state index in [1.807, 2.05) is 0 Å². The second-order valence-corrected chi connectivity index (χ2v) is 4.58. The molecule has 19 heavy (non-hydrogen) atoms. The number of esters is 1. The van der Waals surface area contributed by atoms with Crippen molar-refractivity contribution >= 4 is 5.97 Å². The van der Waals surface area contributed by atoms with E-state index in [4.69, 9.17) is 0 Å². The van der Waals surface area contributed by atoms with E-state index in [0.29, 0.717) is 18.4 Å². The van der Waals surface area contributed by atoms with Crippen LogP contribution < -0.4 is 0 Å². The highest BCUT2D eigenvalue weighted by Gasteiger charge is 2.29. The molecule has 4 heteroatoms. The average Bonchev–Trinajstić information content (AvgIpc) is 2.41. The van der Waals surface area contributed by atoms with Crippen LogP contribution in [0.3, 0.4) is 0 Å². The van der Waals surface area contributed by atoms with Crippen molar-refractivity contribution in [1.82, 2.24) is 0 Å². The summed E-state index contributed by atoms with van der Waals surface area (Å²) in [5, 5.41) is 9.87. The van der Waals surface area contributed by atoms with E-state index in [1.54, 1.807) is 12.1 Å². The molecule has 0 heterocycles. The van der Waals surface area contributed by atoms with Gasteiger partial charge in [-0.05, 0) is 42.0 Å². The molecule has 0 amide bonds. The number of methoxy groups -OCH3 is 1. The number of rotatable bonds is 2. The van der Waals surface area contributed by atoms with Gasteiger partial charge in [0, 0.05) is 0 Å². The van der Waals surface area contributed by atoms with Crippen LogP contribution in [0, 0.1) is 5.82 Å². The van der Waals surface area contributed by atoms with Crippen molar-refractivity contribution in [3.05, 3.63) is 59.1 Å². The van der Waals surface area contributed by atoms with Crippen LogP contribution in [-0.2, 0) is 9.53 Å². The van der Waals surface area contributed by atoms with E-state index in [9.17, 15) is 14.3 Å². The molecule has 1 unspecified atom stereocenters. The highest BCUT2D eigenvalue weighted by Crippen LogP contribution is 2.38. The standard InChI is InChI=1S/C15H15FO3/c1-9-7-11(10-3-5-12(16)6-4-10)8-13(14(9)17)15(18)19-2/h3-6,11,17H,1,7-8H2,2H3. The summed E-state index contributed by atoms with van der Waals surface area (Å²) in [5.41, 5.74) is 1.64. The maximum Gasteiger partial charge on any atom is 0.337 e. The third kappa shape index (κ3) is 2.67. The molecule has 0 aromatic heterocycles. The number of ether oxygens (including phenoxy) is 1. The van der Waals surface area contributed by atoms with Gasteiger partial charge in [-0.25, -0.2) is 9.18 Å². The van der Waals surface area contributed by atoms with Crippen LogP contribution in [0.1, 0.15) is 24.3 Å². The molecule has 0 saturated heterocycles. The van der Waals surface area contributed by atoms with Crippen LogP contribution in [0.5, 0.6) is 0 Å². The Labute approximate surface area is 111 Å². The minimum Gasteiger partial charge on any atom is -0.507 e. The molecule has 100 valence electrons. The third-order valence-electron chi connectivity index (χ3n) is 3.34. The first-order chi connectivity index (χ1) is 9.02. The second kappa shape index (κ2) is 5.26. The minimum absolute atomic E-state index is 0.00176. The van der Waals surface area contributed by atoms with Crippen LogP contribution in [-0.4, -0.2) is 18.2 Å². The molecule has 1 aliphatic rings. The zero-order valence-corrected chi connectivity index (χ0v) is 10.6. The molecule has 0 bridgehead atoms. The van der Waals surface area contributed by atoms with Crippen LogP contribution in [0.4, 0.5) is 4.39 Å². The van der Waals surface area contributed by atoms with Gasteiger partial charge in [-0.15, -0.1) is 0 Å². The molecule has 0 saturated carbocycles. The number of allylic oxidation sites excluding steroid dienone is 1. The SMILES string of the molecule is C=C1CC(c2ccc(F)cc2)CC(C(=O)OC)=C1O. The van der Waals surface area contributed by atoms with Crippen LogP contribution >= 0.6 is 0 Å². The van der Waals surface area contributed by atoms with Crippen molar-refractivity contribution in [3.8, 4) is 0 Å². The number of aliphatic hydroxyl groups excluding tert-OH is 1. The van der Waals surface area contributed by atoms with Gasteiger partial charge in [-0.1, -0.05) is 18.7 Å². The van der Waals surface area contributed by atoms with Gasteiger partial charge in [0.25, 0.3) is 0 Å². The zero-order chi connectivity index (χ0) is 14.0. The Bertz CT molecular complexity index is 543. The fraction of sp³-hybridized carbons (Fsp3) is 0.267. The van der Waals surface area contributed by atoms with Crippen molar-refractivity contribution in [2.45, 2.75) is 18.8 Å². The number of aliphatic hydroxyl groups is 1. The third-order valence-corrected chi connectivity index (χ3v) is 3.34. The molecule has 0 radical (unpaired) electrons. The Hall–Kier alpha value is -2.10. The normalized spacial score (nSPS) is 19.5. The summed E-state index contributed by atoms with van der Waals surface area (Å²) < 4.78 is 17.6. The van der Waals surface area contributed by atoms with Crippen molar-refractivity contribution in [3.63, 3.8) is 0 Å². The van der Waals surface area contributed by atoms with Gasteiger partial charge in [0.05, 0.1) is 12.7 Å². The Morgan fingerprint density at radius 2 is 2.00 bits per heavy atom. The maximum absolute atomic E-state index is 12.9. The second-order valence-electron chi connectivity index (χ2n) is 4.58. The topological polar surface area (TPSA) is 46.5 Å². The van der Waals surface area contributed by atoms with Crippen molar-refractivity contribution in [2.24, 2.45) is 0 Å². The summed E-state index contributed by atoms with van der Waals surface area (Å²) in [4.78, 5) is 11.6. The van der Waals surface area contributed by atoms with E-state index in [-0.39, 0.29) is 23.1 Å². The molecule has 0 fully saturated rings. The summed E-state index contributed by atoms with van der Waals surface area (Å²) in [6, 6.07) is 6.14. The number of hydrogen-bond acceptors (Lipinski definition) is 3. The highest BCUT2D eigenvalue weighted by atomic mass is 19.1. The van der Waals surface area contributed by atoms with E-state index in [1.165, 1.54) is 19.2 Å². The summed E-state index contributed by atoms with van der Waals surface area (Å²) in [7, 11) is 1.27. The first kappa shape index (κ1) is 13.3. The Morgan fingerprint density at radius 3 is 2.58 bits per heavy atom. The lowest BCUT2D eigenvalue weighted by molar-refractivity contribution is -0.136. The van der Waals surface area contributed by atoms with Crippen molar-refractivity contribution in [2.75, 3.05) is 7.11 Å². The molecule has 1 N–H and O–H groups in total. The Balaban J connectivity index is 2.30. The van der Waals surface area contributed by atoms with E-state index < -0.39 is 5.97 Å². The summed E-state index contributed by atoms with van der Waals surface area (Å²) in [5.74, 6) is -0.932. The number of halogens is 1. The predicted molar refractivity (Wildman–Crippen MR) is 69.2 cm³/mol. The summed E-state index contributed by atoms with van der Waals surface area (Å²) in [6.07, 6.45) is 0.904. The monoisotopic (exact) mass is 262 g/mol. The molecule has 1 aromatic carbocycles. The molecule has 1 atom stereocenters. The molecule has 1 aromatic rings. The fourth-order valence-electron chi connectivity index (χ4n) is 2.30. The lowest BCUT2D eigenvalue weighted by atomic mass is 9.81. The smallest absolute Gasteiger partial charge is 0.337 e. The summed E-state index contributed by atoms with van der Waals surface area (Å²) >= 11 is 0. The molecule has 1 aliphatic carbocycles. The first-order valence-corrected chi connectivity index (χ1v) is 5.97. The molecule has 0 spiro atoms. The number of carbonyl (C=O) groups excluding carboxylic acids is 1. The minimum atomic E-state index is -0.550. The average molecular weight is 262 g/mol. The van der Waals surface area contributed by atoms with E-state index in [2.05, 4.69) is 11.3 Å². The van der Waals surface area contributed by atoms with E-state index >= 15 is 0 Å². The fourth-order valence-corrected chi connectivity index (χ4v) is 2.30. The lowest BCUT2D eigenvalue weighted by Crippen LogP contribution is -2.18. The van der Waals surface area contributed by atoms with Crippen molar-refractivity contribution in [1.29, 1.82) is 0 Å². The summed E-state index contributed by atoms with van der Waals surface area (Å²) in [6.45, 7) is 3.77. The number of carbonyl (C=O) groups is 1. The van der Waals surface area contributed by atoms with Crippen LogP contribution in [0.25, 0.3) is 0 Å². The van der Waals surface area contributed by atoms with Gasteiger partial charge in [-0.2, -0.15) is 0 Å². The van der Waals surface area contributed by atoms with Gasteiger partial charge in [-0.3, -0.25) is 0 Å². The van der Waals surface area contributed by atoms with Gasteiger partial charge in [0.2, 0.25) is 0 Å². The Kier molecular flexibility index (Phi) is 3.69. The number of hydrogen-bond donors (Lipinski definition) is 1. The molecular formula is C15H15FO3. The number of benzene rings is 1.